The molecule has 1 heterocycles. The molecule has 110 valence electrons. The van der Waals surface area contributed by atoms with Crippen LogP contribution in [-0.4, -0.2) is 16.5 Å². The zero-order valence-corrected chi connectivity index (χ0v) is 12.0. The minimum absolute atomic E-state index is 0.124. The van der Waals surface area contributed by atoms with Gasteiger partial charge in [0.15, 0.2) is 0 Å². The lowest BCUT2D eigenvalue weighted by molar-refractivity contribution is -0.386. The highest BCUT2D eigenvalue weighted by molar-refractivity contribution is 6.29. The van der Waals surface area contributed by atoms with E-state index in [0.717, 1.165) is 6.42 Å². The second kappa shape index (κ2) is 6.90. The summed E-state index contributed by atoms with van der Waals surface area (Å²) in [4.78, 5) is 14.2. The smallest absolute Gasteiger partial charge is 0.331 e. The lowest BCUT2D eigenvalue weighted by atomic mass is 10.3. The van der Waals surface area contributed by atoms with E-state index in [1.54, 1.807) is 24.3 Å². The molecule has 0 spiro atoms. The number of benzene rings is 1. The molecule has 0 aliphatic carbocycles. The number of nitro groups is 1. The Kier molecular flexibility index (Phi) is 4.94. The second-order valence-corrected chi connectivity index (χ2v) is 4.52. The van der Waals surface area contributed by atoms with Crippen LogP contribution in [0.2, 0.25) is 5.15 Å². The average molecular weight is 309 g/mol. The minimum atomic E-state index is -0.572. The third-order valence-electron chi connectivity index (χ3n) is 2.51. The summed E-state index contributed by atoms with van der Waals surface area (Å²) in [7, 11) is 0. The Morgan fingerprint density at radius 3 is 2.48 bits per heavy atom. The van der Waals surface area contributed by atoms with Crippen molar-refractivity contribution in [1.82, 2.24) is 4.98 Å². The number of aromatic nitrogens is 1. The average Bonchev–Trinajstić information content (AvgIpc) is 2.46. The first kappa shape index (κ1) is 15.1. The first-order valence-electron chi connectivity index (χ1n) is 6.32. The van der Waals surface area contributed by atoms with Gasteiger partial charge in [0.25, 0.3) is 0 Å². The summed E-state index contributed by atoms with van der Waals surface area (Å²) in [5.41, 5.74) is -0.245. The van der Waals surface area contributed by atoms with E-state index in [2.05, 4.69) is 4.98 Å². The van der Waals surface area contributed by atoms with Gasteiger partial charge in [0.05, 0.1) is 11.5 Å². The SMILES string of the molecule is CCCOc1ccc(Oc2nc(Cl)ccc2[N+](=O)[O-])cc1. The first-order chi connectivity index (χ1) is 10.1. The predicted molar refractivity (Wildman–Crippen MR) is 78.2 cm³/mol. The van der Waals surface area contributed by atoms with E-state index in [1.807, 2.05) is 6.92 Å². The van der Waals surface area contributed by atoms with Gasteiger partial charge in [-0.3, -0.25) is 10.1 Å². The molecule has 0 bridgehead atoms. The molecule has 1 aromatic heterocycles. The molecular weight excluding hydrogens is 296 g/mol. The predicted octanol–water partition coefficient (Wildman–Crippen LogP) is 4.22. The molecule has 0 N–H and O–H groups in total. The third kappa shape index (κ3) is 4.06. The van der Waals surface area contributed by atoms with Crippen molar-refractivity contribution in [1.29, 1.82) is 0 Å². The van der Waals surface area contributed by atoms with Crippen molar-refractivity contribution < 1.29 is 14.4 Å². The number of halogens is 1. The van der Waals surface area contributed by atoms with Crippen molar-refractivity contribution in [3.63, 3.8) is 0 Å². The topological polar surface area (TPSA) is 74.5 Å². The summed E-state index contributed by atoms with van der Waals surface area (Å²) < 4.78 is 10.9. The Bertz CT molecular complexity index is 631. The number of hydrogen-bond donors (Lipinski definition) is 0. The molecule has 0 amide bonds. The molecule has 0 aliphatic heterocycles. The van der Waals surface area contributed by atoms with Crippen LogP contribution in [0, 0.1) is 10.1 Å². The molecule has 0 saturated heterocycles. The zero-order valence-electron chi connectivity index (χ0n) is 11.3. The monoisotopic (exact) mass is 308 g/mol. The highest BCUT2D eigenvalue weighted by Gasteiger charge is 2.18. The van der Waals surface area contributed by atoms with Crippen molar-refractivity contribution in [3.05, 3.63) is 51.7 Å². The van der Waals surface area contributed by atoms with Crippen molar-refractivity contribution in [2.45, 2.75) is 13.3 Å². The lowest BCUT2D eigenvalue weighted by Gasteiger charge is -2.07. The molecule has 0 atom stereocenters. The van der Waals surface area contributed by atoms with Crippen molar-refractivity contribution in [2.75, 3.05) is 6.61 Å². The Morgan fingerprint density at radius 1 is 1.19 bits per heavy atom. The van der Waals surface area contributed by atoms with E-state index in [9.17, 15) is 10.1 Å². The molecule has 6 nitrogen and oxygen atoms in total. The number of rotatable bonds is 6. The molecule has 0 unspecified atom stereocenters. The third-order valence-corrected chi connectivity index (χ3v) is 2.72. The number of pyridine rings is 1. The van der Waals surface area contributed by atoms with Crippen LogP contribution in [0.5, 0.6) is 17.4 Å². The van der Waals surface area contributed by atoms with E-state index in [1.165, 1.54) is 12.1 Å². The number of ether oxygens (including phenoxy) is 2. The van der Waals surface area contributed by atoms with Gasteiger partial charge in [-0.25, -0.2) is 0 Å². The van der Waals surface area contributed by atoms with Gasteiger partial charge in [0, 0.05) is 6.07 Å². The lowest BCUT2D eigenvalue weighted by Crippen LogP contribution is -1.97. The van der Waals surface area contributed by atoms with E-state index in [-0.39, 0.29) is 16.7 Å². The maximum atomic E-state index is 10.9. The molecule has 0 radical (unpaired) electrons. The molecular formula is C14H13ClN2O4. The van der Waals surface area contributed by atoms with Gasteiger partial charge in [0.1, 0.15) is 16.7 Å². The van der Waals surface area contributed by atoms with Crippen LogP contribution >= 0.6 is 11.6 Å². The Hall–Kier alpha value is -2.34. The molecule has 0 fully saturated rings. The summed E-state index contributed by atoms with van der Waals surface area (Å²) in [5, 5.41) is 11.0. The van der Waals surface area contributed by atoms with Crippen molar-refractivity contribution in [3.8, 4) is 17.4 Å². The van der Waals surface area contributed by atoms with Crippen molar-refractivity contribution in [2.24, 2.45) is 0 Å². The van der Waals surface area contributed by atoms with Gasteiger partial charge in [0.2, 0.25) is 0 Å². The van der Waals surface area contributed by atoms with Gasteiger partial charge in [-0.1, -0.05) is 18.5 Å². The highest BCUT2D eigenvalue weighted by Crippen LogP contribution is 2.31. The fourth-order valence-electron chi connectivity index (χ4n) is 1.56. The summed E-state index contributed by atoms with van der Waals surface area (Å²) in [6.45, 7) is 2.64. The van der Waals surface area contributed by atoms with Crippen LogP contribution in [-0.2, 0) is 0 Å². The van der Waals surface area contributed by atoms with Gasteiger partial charge < -0.3 is 9.47 Å². The van der Waals surface area contributed by atoms with Gasteiger partial charge in [-0.15, -0.1) is 0 Å². The normalized spacial score (nSPS) is 10.2. The molecule has 2 rings (SSSR count). The first-order valence-corrected chi connectivity index (χ1v) is 6.69. The summed E-state index contributed by atoms with van der Waals surface area (Å²) in [6.07, 6.45) is 0.914. The highest BCUT2D eigenvalue weighted by atomic mass is 35.5. The van der Waals surface area contributed by atoms with E-state index < -0.39 is 4.92 Å². The summed E-state index contributed by atoms with van der Waals surface area (Å²) in [6, 6.07) is 9.34. The van der Waals surface area contributed by atoms with Crippen LogP contribution in [0.4, 0.5) is 5.69 Å². The molecule has 0 saturated carbocycles. The van der Waals surface area contributed by atoms with Crippen LogP contribution in [0.15, 0.2) is 36.4 Å². The molecule has 21 heavy (non-hydrogen) atoms. The molecule has 2 aromatic rings. The minimum Gasteiger partial charge on any atom is -0.494 e. The van der Waals surface area contributed by atoms with Crippen molar-refractivity contribution >= 4 is 17.3 Å². The zero-order chi connectivity index (χ0) is 15.2. The van der Waals surface area contributed by atoms with Crippen LogP contribution in [0.25, 0.3) is 0 Å². The van der Waals surface area contributed by atoms with Gasteiger partial charge >= 0.3 is 11.6 Å². The quantitative estimate of drug-likeness (QED) is 0.453. The Balaban J connectivity index is 2.18. The van der Waals surface area contributed by atoms with Gasteiger partial charge in [-0.05, 0) is 36.8 Å². The fourth-order valence-corrected chi connectivity index (χ4v) is 1.70. The molecule has 1 aromatic carbocycles. The van der Waals surface area contributed by atoms with E-state index in [0.29, 0.717) is 18.1 Å². The number of nitrogens with zero attached hydrogens (tertiary/aromatic N) is 2. The van der Waals surface area contributed by atoms with E-state index in [4.69, 9.17) is 21.1 Å². The standard InChI is InChI=1S/C14H13ClN2O4/c1-2-9-20-10-3-5-11(6-4-10)21-14-12(17(18)19)7-8-13(15)16-14/h3-8H,2,9H2,1H3. The maximum Gasteiger partial charge on any atom is 0.331 e. The summed E-state index contributed by atoms with van der Waals surface area (Å²) >= 11 is 5.74. The van der Waals surface area contributed by atoms with Crippen LogP contribution in [0.3, 0.4) is 0 Å². The Labute approximate surface area is 126 Å². The summed E-state index contributed by atoms with van der Waals surface area (Å²) in [5.74, 6) is 0.976. The van der Waals surface area contributed by atoms with Crippen LogP contribution in [0.1, 0.15) is 13.3 Å². The second-order valence-electron chi connectivity index (χ2n) is 4.14. The molecule has 0 aliphatic rings. The Morgan fingerprint density at radius 2 is 1.86 bits per heavy atom. The van der Waals surface area contributed by atoms with Gasteiger partial charge in [-0.2, -0.15) is 4.98 Å². The van der Waals surface area contributed by atoms with Crippen LogP contribution < -0.4 is 9.47 Å². The van der Waals surface area contributed by atoms with E-state index >= 15 is 0 Å². The number of hydrogen-bond acceptors (Lipinski definition) is 5. The fraction of sp³-hybridized carbons (Fsp3) is 0.214. The maximum absolute atomic E-state index is 10.9. The largest absolute Gasteiger partial charge is 0.494 e. The molecule has 7 heteroatoms.